The number of carbonyl (C=O) groups is 2. The maximum Gasteiger partial charge on any atom is 0.267 e. The first-order valence-electron chi connectivity index (χ1n) is 9.10. The van der Waals surface area contributed by atoms with Crippen LogP contribution in [0.4, 0.5) is 5.69 Å². The largest absolute Gasteiger partial charge is 0.376 e. The Kier molecular flexibility index (Phi) is 5.62. The highest BCUT2D eigenvalue weighted by atomic mass is 35.5. The molecule has 1 fully saturated rings. The zero-order valence-corrected chi connectivity index (χ0v) is 16.6. The predicted octanol–water partition coefficient (Wildman–Crippen LogP) is 4.72. The summed E-state index contributed by atoms with van der Waals surface area (Å²) in [7, 11) is 0. The first-order chi connectivity index (χ1) is 13.6. The molecule has 3 aromatic rings. The van der Waals surface area contributed by atoms with Gasteiger partial charge >= 0.3 is 0 Å². The van der Waals surface area contributed by atoms with Gasteiger partial charge in [0.05, 0.1) is 11.1 Å². The Morgan fingerprint density at radius 3 is 2.61 bits per heavy atom. The van der Waals surface area contributed by atoms with Crippen molar-refractivity contribution in [3.05, 3.63) is 64.0 Å². The molecule has 144 valence electrons. The number of fused-ring (bicyclic) bond motifs is 1. The molecule has 0 spiro atoms. The minimum Gasteiger partial charge on any atom is -0.376 e. The van der Waals surface area contributed by atoms with Gasteiger partial charge in [-0.2, -0.15) is 0 Å². The summed E-state index contributed by atoms with van der Waals surface area (Å²) < 4.78 is 6.47. The van der Waals surface area contributed by atoms with Gasteiger partial charge in [-0.3, -0.25) is 9.59 Å². The molecule has 0 aliphatic carbocycles. The van der Waals surface area contributed by atoms with Crippen LogP contribution in [0.25, 0.3) is 10.1 Å². The van der Waals surface area contributed by atoms with Crippen LogP contribution in [0, 0.1) is 0 Å². The number of anilines is 1. The third-order valence-electron chi connectivity index (χ3n) is 4.66. The molecule has 2 amide bonds. The van der Waals surface area contributed by atoms with Crippen LogP contribution in [0.3, 0.4) is 0 Å². The Hall–Kier alpha value is -2.41. The van der Waals surface area contributed by atoms with Gasteiger partial charge in [-0.15, -0.1) is 11.3 Å². The van der Waals surface area contributed by atoms with Crippen molar-refractivity contribution >= 4 is 50.5 Å². The number of ether oxygens (including phenoxy) is 1. The van der Waals surface area contributed by atoms with Gasteiger partial charge in [0.15, 0.2) is 0 Å². The number of hydrogen-bond donors (Lipinski definition) is 2. The lowest BCUT2D eigenvalue weighted by atomic mass is 10.2. The molecule has 1 aliphatic rings. The van der Waals surface area contributed by atoms with E-state index in [1.165, 1.54) is 11.3 Å². The molecule has 1 atom stereocenters. The van der Waals surface area contributed by atoms with Gasteiger partial charge in [-0.05, 0) is 43.2 Å². The number of hydrogen-bond acceptors (Lipinski definition) is 4. The molecule has 28 heavy (non-hydrogen) atoms. The van der Waals surface area contributed by atoms with Gasteiger partial charge in [0.1, 0.15) is 4.88 Å². The molecule has 0 radical (unpaired) electrons. The number of thiophene rings is 1. The smallest absolute Gasteiger partial charge is 0.267 e. The first-order valence-corrected chi connectivity index (χ1v) is 10.3. The second-order valence-electron chi connectivity index (χ2n) is 6.62. The Morgan fingerprint density at radius 1 is 1.11 bits per heavy atom. The molecule has 7 heteroatoms. The molecule has 2 aromatic carbocycles. The SMILES string of the molecule is O=C(NC[C@H]1CCCO1)c1ccc(NC(=O)c2sc3ccccc3c2Cl)cc1. The number of amides is 2. The molecule has 4 rings (SSSR count). The van der Waals surface area contributed by atoms with Crippen molar-refractivity contribution in [2.75, 3.05) is 18.5 Å². The first kappa shape index (κ1) is 18.9. The van der Waals surface area contributed by atoms with Crippen LogP contribution in [0.5, 0.6) is 0 Å². The predicted molar refractivity (Wildman–Crippen MR) is 113 cm³/mol. The summed E-state index contributed by atoms with van der Waals surface area (Å²) in [6.45, 7) is 1.28. The number of benzene rings is 2. The summed E-state index contributed by atoms with van der Waals surface area (Å²) in [5.41, 5.74) is 1.14. The summed E-state index contributed by atoms with van der Waals surface area (Å²) in [6.07, 6.45) is 2.12. The van der Waals surface area contributed by atoms with E-state index in [1.807, 2.05) is 24.3 Å². The van der Waals surface area contributed by atoms with Gasteiger partial charge < -0.3 is 15.4 Å². The highest BCUT2D eigenvalue weighted by Gasteiger charge is 2.18. The van der Waals surface area contributed by atoms with E-state index >= 15 is 0 Å². The third kappa shape index (κ3) is 4.04. The van der Waals surface area contributed by atoms with Crippen molar-refractivity contribution in [3.8, 4) is 0 Å². The fourth-order valence-electron chi connectivity index (χ4n) is 3.17. The van der Waals surface area contributed by atoms with Crippen molar-refractivity contribution in [2.24, 2.45) is 0 Å². The van der Waals surface area contributed by atoms with E-state index in [0.29, 0.717) is 27.7 Å². The highest BCUT2D eigenvalue weighted by Crippen LogP contribution is 2.35. The Labute approximate surface area is 171 Å². The van der Waals surface area contributed by atoms with E-state index in [0.717, 1.165) is 29.5 Å². The van der Waals surface area contributed by atoms with Crippen LogP contribution in [0.1, 0.15) is 32.9 Å². The molecule has 1 aliphatic heterocycles. The number of nitrogens with one attached hydrogen (secondary N) is 2. The standard InChI is InChI=1S/C21H19ClN2O3S/c22-18-16-5-1-2-6-17(16)28-19(18)21(26)24-14-9-7-13(8-10-14)20(25)23-12-15-4-3-11-27-15/h1-2,5-10,15H,3-4,11-12H2,(H,23,25)(H,24,26)/t15-/m1/s1. The molecule has 1 saturated heterocycles. The van der Waals surface area contributed by atoms with E-state index in [9.17, 15) is 9.59 Å². The quantitative estimate of drug-likeness (QED) is 0.635. The lowest BCUT2D eigenvalue weighted by Crippen LogP contribution is -2.31. The monoisotopic (exact) mass is 414 g/mol. The van der Waals surface area contributed by atoms with Gasteiger partial charge in [-0.25, -0.2) is 0 Å². The molecule has 2 N–H and O–H groups in total. The second kappa shape index (κ2) is 8.31. The van der Waals surface area contributed by atoms with Gasteiger partial charge in [0.2, 0.25) is 0 Å². The van der Waals surface area contributed by atoms with Crippen molar-refractivity contribution in [3.63, 3.8) is 0 Å². The minimum atomic E-state index is -0.262. The average molecular weight is 415 g/mol. The zero-order valence-electron chi connectivity index (χ0n) is 15.0. The lowest BCUT2D eigenvalue weighted by Gasteiger charge is -2.11. The van der Waals surface area contributed by atoms with E-state index in [4.69, 9.17) is 16.3 Å². The van der Waals surface area contributed by atoms with Crippen molar-refractivity contribution in [1.29, 1.82) is 0 Å². The maximum atomic E-state index is 12.6. The normalized spacial score (nSPS) is 16.2. The Bertz CT molecular complexity index is 1010. The fourth-order valence-corrected chi connectivity index (χ4v) is 4.58. The lowest BCUT2D eigenvalue weighted by molar-refractivity contribution is 0.0857. The van der Waals surface area contributed by atoms with Crippen molar-refractivity contribution < 1.29 is 14.3 Å². The molecular weight excluding hydrogens is 396 g/mol. The van der Waals surface area contributed by atoms with E-state index in [1.54, 1.807) is 24.3 Å². The molecule has 0 saturated carbocycles. The van der Waals surface area contributed by atoms with Crippen LogP contribution in [0.15, 0.2) is 48.5 Å². The van der Waals surface area contributed by atoms with Gasteiger partial charge in [0.25, 0.3) is 11.8 Å². The molecule has 0 unspecified atom stereocenters. The third-order valence-corrected chi connectivity index (χ3v) is 6.33. The van der Waals surface area contributed by atoms with E-state index in [-0.39, 0.29) is 17.9 Å². The van der Waals surface area contributed by atoms with Crippen LogP contribution >= 0.6 is 22.9 Å². The number of rotatable bonds is 5. The summed E-state index contributed by atoms with van der Waals surface area (Å²) in [4.78, 5) is 25.3. The highest BCUT2D eigenvalue weighted by molar-refractivity contribution is 7.21. The van der Waals surface area contributed by atoms with Gasteiger partial charge in [-0.1, -0.05) is 29.8 Å². The molecule has 5 nitrogen and oxygen atoms in total. The molecule has 0 bridgehead atoms. The molecular formula is C21H19ClN2O3S. The van der Waals surface area contributed by atoms with Crippen LogP contribution < -0.4 is 10.6 Å². The van der Waals surface area contributed by atoms with Crippen molar-refractivity contribution in [1.82, 2.24) is 5.32 Å². The minimum absolute atomic E-state index is 0.105. The fraction of sp³-hybridized carbons (Fsp3) is 0.238. The summed E-state index contributed by atoms with van der Waals surface area (Å²) >= 11 is 7.72. The Balaban J connectivity index is 1.40. The van der Waals surface area contributed by atoms with Crippen LogP contribution in [-0.4, -0.2) is 31.1 Å². The Morgan fingerprint density at radius 2 is 1.89 bits per heavy atom. The van der Waals surface area contributed by atoms with E-state index < -0.39 is 0 Å². The topological polar surface area (TPSA) is 67.4 Å². The summed E-state index contributed by atoms with van der Waals surface area (Å²) in [5, 5.41) is 7.05. The van der Waals surface area contributed by atoms with Crippen LogP contribution in [-0.2, 0) is 4.74 Å². The van der Waals surface area contributed by atoms with Crippen molar-refractivity contribution in [2.45, 2.75) is 18.9 Å². The number of carbonyl (C=O) groups excluding carboxylic acids is 2. The second-order valence-corrected chi connectivity index (χ2v) is 8.05. The maximum absolute atomic E-state index is 12.6. The summed E-state index contributed by atoms with van der Waals surface area (Å²) in [5.74, 6) is -0.414. The molecule has 1 aromatic heterocycles. The zero-order chi connectivity index (χ0) is 19.5. The van der Waals surface area contributed by atoms with Crippen LogP contribution in [0.2, 0.25) is 5.02 Å². The number of halogens is 1. The average Bonchev–Trinajstić information content (AvgIpc) is 3.35. The van der Waals surface area contributed by atoms with E-state index in [2.05, 4.69) is 10.6 Å². The van der Waals surface area contributed by atoms with Gasteiger partial charge in [0, 0.05) is 34.5 Å². The summed E-state index contributed by atoms with van der Waals surface area (Å²) in [6, 6.07) is 14.4. The molecule has 2 heterocycles.